The fourth-order valence-corrected chi connectivity index (χ4v) is 3.42. The van der Waals surface area contributed by atoms with Crippen LogP contribution in [0.25, 0.3) is 16.5 Å². The Kier molecular flexibility index (Phi) is 2.27. The molecule has 1 N–H and O–H groups in total. The monoisotopic (exact) mass is 254 g/mol. The zero-order chi connectivity index (χ0) is 13.0. The van der Waals surface area contributed by atoms with E-state index in [-0.39, 0.29) is 0 Å². The largest absolute Gasteiger partial charge is 0.496 e. The highest BCUT2D eigenvalue weighted by Gasteiger charge is 2.29. The van der Waals surface area contributed by atoms with Gasteiger partial charge in [-0.1, -0.05) is 13.0 Å². The first-order chi connectivity index (χ1) is 9.28. The van der Waals surface area contributed by atoms with Crippen molar-refractivity contribution in [1.29, 1.82) is 0 Å². The summed E-state index contributed by atoms with van der Waals surface area (Å²) >= 11 is 0. The van der Waals surface area contributed by atoms with Crippen molar-refractivity contribution in [1.82, 2.24) is 9.88 Å². The molecule has 2 aromatic rings. The Morgan fingerprint density at radius 3 is 3.05 bits per heavy atom. The molecule has 4 rings (SSSR count). The van der Waals surface area contributed by atoms with E-state index in [0.29, 0.717) is 12.0 Å². The second-order valence-electron chi connectivity index (χ2n) is 5.61. The molecule has 3 heterocycles. The summed E-state index contributed by atoms with van der Waals surface area (Å²) in [5, 5.41) is 4.87. The molecular weight excluding hydrogens is 236 g/mol. The molecule has 2 aliphatic rings. The van der Waals surface area contributed by atoms with Crippen molar-refractivity contribution >= 4 is 16.5 Å². The van der Waals surface area contributed by atoms with Crippen LogP contribution in [0, 0.1) is 5.92 Å². The molecule has 1 aromatic heterocycles. The lowest BCUT2D eigenvalue weighted by Gasteiger charge is -2.34. The van der Waals surface area contributed by atoms with Crippen molar-refractivity contribution in [2.45, 2.75) is 19.5 Å². The average molecular weight is 254 g/mol. The van der Waals surface area contributed by atoms with E-state index < -0.39 is 0 Å². The highest BCUT2D eigenvalue weighted by molar-refractivity contribution is 5.98. The van der Waals surface area contributed by atoms with Crippen LogP contribution in [0.15, 0.2) is 30.5 Å². The van der Waals surface area contributed by atoms with E-state index in [2.05, 4.69) is 47.3 Å². The number of ether oxygens (including phenoxy) is 1. The molecule has 1 aromatic carbocycles. The van der Waals surface area contributed by atoms with Gasteiger partial charge in [-0.3, -0.25) is 0 Å². The molecule has 3 nitrogen and oxygen atoms in total. The highest BCUT2D eigenvalue weighted by atomic mass is 16.5. The molecule has 19 heavy (non-hydrogen) atoms. The zero-order valence-corrected chi connectivity index (χ0v) is 11.3. The summed E-state index contributed by atoms with van der Waals surface area (Å²) in [6.07, 6.45) is 4.60. The third-order valence-corrected chi connectivity index (χ3v) is 4.32. The molecular formula is C16H18N2O. The summed E-state index contributed by atoms with van der Waals surface area (Å²) in [6.45, 7) is 4.36. The molecule has 0 saturated carbocycles. The number of nitrogens with zero attached hydrogens (tertiary/aromatic N) is 1. The fraction of sp³-hybridized carbons (Fsp3) is 0.375. The van der Waals surface area contributed by atoms with Gasteiger partial charge in [-0.15, -0.1) is 0 Å². The van der Waals surface area contributed by atoms with Crippen LogP contribution in [0.5, 0.6) is 5.75 Å². The van der Waals surface area contributed by atoms with Gasteiger partial charge in [0.2, 0.25) is 0 Å². The second-order valence-corrected chi connectivity index (χ2v) is 5.61. The third-order valence-electron chi connectivity index (χ3n) is 4.32. The maximum Gasteiger partial charge on any atom is 0.128 e. The Bertz CT molecular complexity index is 683. The number of nitrogens with one attached hydrogen (secondary N) is 1. The van der Waals surface area contributed by atoms with Gasteiger partial charge in [-0.25, -0.2) is 0 Å². The first kappa shape index (κ1) is 11.1. The number of rotatable bonds is 1. The Morgan fingerprint density at radius 1 is 1.32 bits per heavy atom. The molecule has 2 atom stereocenters. The van der Waals surface area contributed by atoms with Crippen molar-refractivity contribution < 1.29 is 4.74 Å². The van der Waals surface area contributed by atoms with Gasteiger partial charge in [-0.05, 0) is 29.7 Å². The van der Waals surface area contributed by atoms with Crippen LogP contribution in [-0.2, 0) is 6.54 Å². The van der Waals surface area contributed by atoms with E-state index >= 15 is 0 Å². The Hall–Kier alpha value is -1.74. The van der Waals surface area contributed by atoms with Gasteiger partial charge in [0.25, 0.3) is 0 Å². The van der Waals surface area contributed by atoms with Crippen LogP contribution in [0.1, 0.15) is 12.5 Å². The molecule has 0 aliphatic carbocycles. The number of methoxy groups -OCH3 is 1. The Balaban J connectivity index is 2.01. The van der Waals surface area contributed by atoms with Crippen LogP contribution in [0.3, 0.4) is 0 Å². The maximum absolute atomic E-state index is 5.47. The summed E-state index contributed by atoms with van der Waals surface area (Å²) in [4.78, 5) is 0. The first-order valence-electron chi connectivity index (χ1n) is 6.89. The predicted molar refractivity (Wildman–Crippen MR) is 77.4 cm³/mol. The van der Waals surface area contributed by atoms with E-state index in [9.17, 15) is 0 Å². The topological polar surface area (TPSA) is 26.2 Å². The summed E-state index contributed by atoms with van der Waals surface area (Å²) in [7, 11) is 1.74. The van der Waals surface area contributed by atoms with Gasteiger partial charge in [0.05, 0.1) is 18.7 Å². The van der Waals surface area contributed by atoms with E-state index in [0.717, 1.165) is 18.8 Å². The second kappa shape index (κ2) is 3.87. The van der Waals surface area contributed by atoms with E-state index in [1.165, 1.54) is 22.0 Å². The SMILES string of the molecule is COc1ccc2c3c1ccn3CC1NC[C@H](C)C=C21. The molecule has 0 amide bonds. The minimum Gasteiger partial charge on any atom is -0.496 e. The van der Waals surface area contributed by atoms with E-state index in [4.69, 9.17) is 4.74 Å². The lowest BCUT2D eigenvalue weighted by atomic mass is 9.87. The molecule has 1 unspecified atom stereocenters. The van der Waals surface area contributed by atoms with Crippen molar-refractivity contribution in [3.05, 3.63) is 36.0 Å². The molecule has 0 spiro atoms. The van der Waals surface area contributed by atoms with Gasteiger partial charge >= 0.3 is 0 Å². The number of benzene rings is 1. The maximum atomic E-state index is 5.47. The first-order valence-corrected chi connectivity index (χ1v) is 6.89. The average Bonchev–Trinajstić information content (AvgIpc) is 2.85. The molecule has 3 heteroatoms. The molecule has 0 bridgehead atoms. The van der Waals surface area contributed by atoms with Gasteiger partial charge in [0.1, 0.15) is 5.75 Å². The van der Waals surface area contributed by atoms with Crippen LogP contribution in [-0.4, -0.2) is 24.3 Å². The van der Waals surface area contributed by atoms with Crippen molar-refractivity contribution in [2.24, 2.45) is 5.92 Å². The standard InChI is InChI=1S/C16H18N2O/c1-10-7-13-11-3-4-15(19-2)12-5-6-18(16(11)12)9-14(13)17-8-10/h3-7,10,14,17H,8-9H2,1-2H3/t10-,14?/m1/s1. The van der Waals surface area contributed by atoms with Crippen molar-refractivity contribution in [2.75, 3.05) is 13.7 Å². The van der Waals surface area contributed by atoms with E-state index in [1.54, 1.807) is 7.11 Å². The third kappa shape index (κ3) is 1.48. The van der Waals surface area contributed by atoms with Crippen LogP contribution >= 0.6 is 0 Å². The van der Waals surface area contributed by atoms with Gasteiger partial charge in [0.15, 0.2) is 0 Å². The smallest absolute Gasteiger partial charge is 0.128 e. The highest BCUT2D eigenvalue weighted by Crippen LogP contribution is 2.39. The van der Waals surface area contributed by atoms with E-state index in [1.807, 2.05) is 0 Å². The molecule has 0 saturated heterocycles. The minimum atomic E-state index is 0.452. The van der Waals surface area contributed by atoms with Crippen molar-refractivity contribution in [3.63, 3.8) is 0 Å². The fourth-order valence-electron chi connectivity index (χ4n) is 3.42. The summed E-state index contributed by atoms with van der Waals surface area (Å²) in [5.74, 6) is 1.57. The molecule has 0 radical (unpaired) electrons. The number of hydrogen-bond acceptors (Lipinski definition) is 2. The summed E-state index contributed by atoms with van der Waals surface area (Å²) in [5.41, 5.74) is 4.13. The molecule has 98 valence electrons. The normalized spacial score (nSPS) is 25.1. The Morgan fingerprint density at radius 2 is 2.21 bits per heavy atom. The van der Waals surface area contributed by atoms with Gasteiger partial charge in [-0.2, -0.15) is 0 Å². The van der Waals surface area contributed by atoms with Crippen LogP contribution < -0.4 is 10.1 Å². The lowest BCUT2D eigenvalue weighted by Crippen LogP contribution is -2.42. The Labute approximate surface area is 112 Å². The minimum absolute atomic E-state index is 0.452. The van der Waals surface area contributed by atoms with Crippen LogP contribution in [0.4, 0.5) is 0 Å². The van der Waals surface area contributed by atoms with Gasteiger partial charge in [0, 0.05) is 30.2 Å². The van der Waals surface area contributed by atoms with Gasteiger partial charge < -0.3 is 14.6 Å². The number of hydrogen-bond donors (Lipinski definition) is 1. The number of aromatic nitrogens is 1. The zero-order valence-electron chi connectivity index (χ0n) is 11.3. The summed E-state index contributed by atoms with van der Waals surface area (Å²) < 4.78 is 7.82. The predicted octanol–water partition coefficient (Wildman–Crippen LogP) is 2.65. The molecule has 2 aliphatic heterocycles. The summed E-state index contributed by atoms with van der Waals surface area (Å²) in [6, 6.07) is 6.91. The lowest BCUT2D eigenvalue weighted by molar-refractivity contribution is 0.419. The quantitative estimate of drug-likeness (QED) is 0.846. The van der Waals surface area contributed by atoms with Crippen LogP contribution in [0.2, 0.25) is 0 Å². The van der Waals surface area contributed by atoms with Crippen molar-refractivity contribution in [3.8, 4) is 5.75 Å². The number of fused-ring (bicyclic) bond motifs is 2. The molecule has 0 fully saturated rings.